The van der Waals surface area contributed by atoms with Crippen molar-refractivity contribution < 1.29 is 9.47 Å². The van der Waals surface area contributed by atoms with E-state index in [1.54, 1.807) is 0 Å². The molecule has 0 unspecified atom stereocenters. The number of benzene rings is 3. The van der Waals surface area contributed by atoms with Gasteiger partial charge in [0.1, 0.15) is 11.5 Å². The second-order valence-corrected chi connectivity index (χ2v) is 7.25. The maximum absolute atomic E-state index is 6.72. The lowest BCUT2D eigenvalue weighted by molar-refractivity contribution is 0.0152. The fourth-order valence-corrected chi connectivity index (χ4v) is 4.64. The summed E-state index contributed by atoms with van der Waals surface area (Å²) in [5.74, 6) is 1.70. The molecule has 0 atom stereocenters. The largest absolute Gasteiger partial charge is 0.457 e. The first kappa shape index (κ1) is 17.1. The Labute approximate surface area is 165 Å². The van der Waals surface area contributed by atoms with Gasteiger partial charge in [-0.05, 0) is 32.0 Å². The number of aryl methyl sites for hydroxylation is 1. The van der Waals surface area contributed by atoms with Crippen LogP contribution in [0.4, 0.5) is 0 Å². The van der Waals surface area contributed by atoms with Crippen molar-refractivity contribution in [2.45, 2.75) is 19.4 Å². The van der Waals surface area contributed by atoms with Crippen LogP contribution in [0.25, 0.3) is 10.9 Å². The zero-order valence-electron chi connectivity index (χ0n) is 16.4. The van der Waals surface area contributed by atoms with E-state index < -0.39 is 5.60 Å². The van der Waals surface area contributed by atoms with E-state index in [2.05, 4.69) is 74.0 Å². The van der Waals surface area contributed by atoms with Crippen molar-refractivity contribution >= 4 is 10.9 Å². The summed E-state index contributed by atoms with van der Waals surface area (Å²) in [6.07, 6.45) is 0. The maximum atomic E-state index is 6.72. The number of fused-ring (bicyclic) bond motifs is 3. The minimum Gasteiger partial charge on any atom is -0.457 e. The van der Waals surface area contributed by atoms with Crippen molar-refractivity contribution in [2.75, 3.05) is 6.61 Å². The number of aromatic nitrogens is 1. The Bertz CT molecular complexity index is 1140. The Morgan fingerprint density at radius 3 is 2.07 bits per heavy atom. The van der Waals surface area contributed by atoms with E-state index in [1.165, 1.54) is 22.2 Å². The Morgan fingerprint density at radius 1 is 0.857 bits per heavy atom. The second kappa shape index (κ2) is 6.25. The normalized spacial score (nSPS) is 14.4. The summed E-state index contributed by atoms with van der Waals surface area (Å²) in [6.45, 7) is 4.82. The standard InChI is InChI=1S/C25H23NO2/c1-4-27-25(24-17(2)26(3)21-14-8-5-11-18(21)24)19-12-6-9-15-22(19)28-23-16-10-7-13-20(23)25/h5-16H,4H2,1-3H3. The number of rotatable bonds is 3. The Hall–Kier alpha value is -3.04. The first-order chi connectivity index (χ1) is 13.7. The van der Waals surface area contributed by atoms with E-state index in [0.29, 0.717) is 6.61 Å². The summed E-state index contributed by atoms with van der Waals surface area (Å²) < 4.78 is 15.2. The van der Waals surface area contributed by atoms with Crippen molar-refractivity contribution in [3.63, 3.8) is 0 Å². The Morgan fingerprint density at radius 2 is 1.43 bits per heavy atom. The maximum Gasteiger partial charge on any atom is 0.153 e. The van der Waals surface area contributed by atoms with Crippen LogP contribution in [0.15, 0.2) is 72.8 Å². The van der Waals surface area contributed by atoms with Gasteiger partial charge < -0.3 is 14.0 Å². The van der Waals surface area contributed by atoms with Crippen LogP contribution in [-0.2, 0) is 17.4 Å². The van der Waals surface area contributed by atoms with E-state index in [-0.39, 0.29) is 0 Å². The molecule has 1 aromatic heterocycles. The first-order valence-electron chi connectivity index (χ1n) is 9.73. The van der Waals surface area contributed by atoms with Crippen LogP contribution < -0.4 is 4.74 Å². The van der Waals surface area contributed by atoms with E-state index in [0.717, 1.165) is 22.6 Å². The molecule has 1 aliphatic heterocycles. The number of para-hydroxylation sites is 3. The molecule has 3 aromatic carbocycles. The van der Waals surface area contributed by atoms with E-state index in [4.69, 9.17) is 9.47 Å². The average molecular weight is 369 g/mol. The minimum absolute atomic E-state index is 0.589. The van der Waals surface area contributed by atoms with Crippen molar-refractivity contribution in [1.82, 2.24) is 4.57 Å². The summed E-state index contributed by atoms with van der Waals surface area (Å²) in [5.41, 5.74) is 4.97. The summed E-state index contributed by atoms with van der Waals surface area (Å²) in [5, 5.41) is 1.21. The summed E-state index contributed by atoms with van der Waals surface area (Å²) >= 11 is 0. The molecule has 0 radical (unpaired) electrons. The molecule has 0 fully saturated rings. The third-order valence-electron chi connectivity index (χ3n) is 5.87. The van der Waals surface area contributed by atoms with Gasteiger partial charge in [0.05, 0.1) is 0 Å². The second-order valence-electron chi connectivity index (χ2n) is 7.25. The van der Waals surface area contributed by atoms with Gasteiger partial charge in [0, 0.05) is 46.9 Å². The monoisotopic (exact) mass is 369 g/mol. The molecule has 3 heteroatoms. The van der Waals surface area contributed by atoms with Crippen molar-refractivity contribution in [2.24, 2.45) is 7.05 Å². The predicted octanol–water partition coefficient (Wildman–Crippen LogP) is 5.92. The number of ether oxygens (including phenoxy) is 2. The quantitative estimate of drug-likeness (QED) is 0.447. The molecule has 28 heavy (non-hydrogen) atoms. The highest BCUT2D eigenvalue weighted by Crippen LogP contribution is 2.54. The molecule has 0 aliphatic carbocycles. The Balaban J connectivity index is 1.98. The highest BCUT2D eigenvalue weighted by Gasteiger charge is 2.47. The molecule has 0 bridgehead atoms. The van der Waals surface area contributed by atoms with E-state index in [9.17, 15) is 0 Å². The molecule has 0 spiro atoms. The molecule has 0 saturated heterocycles. The fraction of sp³-hybridized carbons (Fsp3) is 0.200. The predicted molar refractivity (Wildman–Crippen MR) is 112 cm³/mol. The molecular formula is C25H23NO2. The fourth-order valence-electron chi connectivity index (χ4n) is 4.64. The third-order valence-corrected chi connectivity index (χ3v) is 5.87. The lowest BCUT2D eigenvalue weighted by atomic mass is 9.76. The first-order valence-corrected chi connectivity index (χ1v) is 9.73. The van der Waals surface area contributed by atoms with Gasteiger partial charge in [-0.3, -0.25) is 0 Å². The van der Waals surface area contributed by atoms with Crippen molar-refractivity contribution in [3.8, 4) is 11.5 Å². The molecule has 0 N–H and O–H groups in total. The molecule has 5 rings (SSSR count). The van der Waals surface area contributed by atoms with Gasteiger partial charge in [0.25, 0.3) is 0 Å². The molecular weight excluding hydrogens is 346 g/mol. The van der Waals surface area contributed by atoms with Gasteiger partial charge >= 0.3 is 0 Å². The number of nitrogens with zero attached hydrogens (tertiary/aromatic N) is 1. The zero-order valence-corrected chi connectivity index (χ0v) is 16.4. The van der Waals surface area contributed by atoms with Crippen LogP contribution in [0.2, 0.25) is 0 Å². The van der Waals surface area contributed by atoms with Crippen LogP contribution in [0, 0.1) is 6.92 Å². The SMILES string of the molecule is CCOC1(c2c(C)n(C)c3ccccc23)c2ccccc2Oc2ccccc21. The van der Waals surface area contributed by atoms with E-state index in [1.807, 2.05) is 24.3 Å². The van der Waals surface area contributed by atoms with Crippen LogP contribution in [0.1, 0.15) is 29.3 Å². The highest BCUT2D eigenvalue weighted by molar-refractivity contribution is 5.88. The molecule has 3 nitrogen and oxygen atoms in total. The summed E-state index contributed by atoms with van der Waals surface area (Å²) in [7, 11) is 2.12. The van der Waals surface area contributed by atoms with Gasteiger partial charge in [0.2, 0.25) is 0 Å². The molecule has 0 amide bonds. The summed E-state index contributed by atoms with van der Waals surface area (Å²) in [4.78, 5) is 0. The van der Waals surface area contributed by atoms with Crippen LogP contribution in [0.5, 0.6) is 11.5 Å². The van der Waals surface area contributed by atoms with Gasteiger partial charge in [-0.25, -0.2) is 0 Å². The van der Waals surface area contributed by atoms with Crippen molar-refractivity contribution in [1.29, 1.82) is 0 Å². The van der Waals surface area contributed by atoms with Gasteiger partial charge in [-0.15, -0.1) is 0 Å². The molecule has 2 heterocycles. The lowest BCUT2D eigenvalue weighted by Gasteiger charge is -2.40. The van der Waals surface area contributed by atoms with E-state index >= 15 is 0 Å². The topological polar surface area (TPSA) is 23.4 Å². The molecule has 140 valence electrons. The van der Waals surface area contributed by atoms with Crippen molar-refractivity contribution in [3.05, 3.63) is 95.2 Å². The van der Waals surface area contributed by atoms with Crippen LogP contribution in [-0.4, -0.2) is 11.2 Å². The molecule has 4 aromatic rings. The minimum atomic E-state index is -0.717. The number of hydrogen-bond acceptors (Lipinski definition) is 2. The van der Waals surface area contributed by atoms with Gasteiger partial charge in [0.15, 0.2) is 5.60 Å². The van der Waals surface area contributed by atoms with Gasteiger partial charge in [-0.2, -0.15) is 0 Å². The average Bonchev–Trinajstić information content (AvgIpc) is 2.99. The molecule has 1 aliphatic rings. The van der Waals surface area contributed by atoms with Gasteiger partial charge in [-0.1, -0.05) is 54.6 Å². The summed E-state index contributed by atoms with van der Waals surface area (Å²) in [6, 6.07) is 25.0. The smallest absolute Gasteiger partial charge is 0.153 e. The molecule has 0 saturated carbocycles. The number of hydrogen-bond donors (Lipinski definition) is 0. The zero-order chi connectivity index (χ0) is 19.3. The highest BCUT2D eigenvalue weighted by atomic mass is 16.5. The van der Waals surface area contributed by atoms with Crippen LogP contribution >= 0.6 is 0 Å². The lowest BCUT2D eigenvalue weighted by Crippen LogP contribution is -2.36. The Kier molecular flexibility index (Phi) is 3.81. The third kappa shape index (κ3) is 2.14. The van der Waals surface area contributed by atoms with Crippen LogP contribution in [0.3, 0.4) is 0 Å².